The second-order valence-corrected chi connectivity index (χ2v) is 12.8. The molecule has 1 fully saturated rings. The summed E-state index contributed by atoms with van der Waals surface area (Å²) in [5.41, 5.74) is -2.95. The third kappa shape index (κ3) is 6.90. The number of ether oxygens (including phenoxy) is 2. The van der Waals surface area contributed by atoms with Crippen LogP contribution in [0.2, 0.25) is 0 Å². The lowest BCUT2D eigenvalue weighted by Gasteiger charge is -2.26. The lowest BCUT2D eigenvalue weighted by molar-refractivity contribution is -0.153. The van der Waals surface area contributed by atoms with E-state index in [2.05, 4.69) is 5.09 Å². The Kier molecular flexibility index (Phi) is 8.72. The SMILES string of the molecule is CC(C)(C)OC(=O)CNP(=O)(OCC1OC(n2ccc(=O)[nH]c2=O)C(C)(F)C1O)Oc1cccc2c1CCCC2. The number of H-pyrrole nitrogens is 1. The molecule has 0 spiro atoms. The number of halogens is 1. The average Bonchev–Trinajstić information content (AvgIpc) is 3.09. The molecule has 1 aromatic heterocycles. The Morgan fingerprint density at radius 2 is 2.00 bits per heavy atom. The van der Waals surface area contributed by atoms with E-state index in [-0.39, 0.29) is 0 Å². The molecule has 2 aliphatic rings. The molecule has 40 heavy (non-hydrogen) atoms. The van der Waals surface area contributed by atoms with Crippen molar-refractivity contribution < 1.29 is 37.4 Å². The first kappa shape index (κ1) is 30.1. The van der Waals surface area contributed by atoms with Crippen LogP contribution in [0.3, 0.4) is 0 Å². The summed E-state index contributed by atoms with van der Waals surface area (Å²) < 4.78 is 52.7. The Balaban J connectivity index is 1.55. The van der Waals surface area contributed by atoms with Crippen LogP contribution in [0.1, 0.15) is 57.9 Å². The van der Waals surface area contributed by atoms with Crippen LogP contribution >= 0.6 is 7.75 Å². The Hall–Kier alpha value is -2.83. The zero-order valence-electron chi connectivity index (χ0n) is 22.8. The van der Waals surface area contributed by atoms with Gasteiger partial charge in [-0.1, -0.05) is 12.1 Å². The normalized spacial score (nSPS) is 26.1. The summed E-state index contributed by atoms with van der Waals surface area (Å²) in [6.07, 6.45) is -0.273. The van der Waals surface area contributed by atoms with Gasteiger partial charge in [-0.2, -0.15) is 0 Å². The van der Waals surface area contributed by atoms with Crippen molar-refractivity contribution in [1.82, 2.24) is 14.6 Å². The summed E-state index contributed by atoms with van der Waals surface area (Å²) in [5.74, 6) is -0.390. The molecule has 3 N–H and O–H groups in total. The van der Waals surface area contributed by atoms with E-state index < -0.39 is 67.8 Å². The van der Waals surface area contributed by atoms with Gasteiger partial charge in [0.1, 0.15) is 30.1 Å². The summed E-state index contributed by atoms with van der Waals surface area (Å²) >= 11 is 0. The van der Waals surface area contributed by atoms with Crippen molar-refractivity contribution in [1.29, 1.82) is 0 Å². The molecule has 0 bridgehead atoms. The number of nitrogens with zero attached hydrogens (tertiary/aromatic N) is 1. The van der Waals surface area contributed by atoms with Crippen LogP contribution in [-0.2, 0) is 36.2 Å². The van der Waals surface area contributed by atoms with Crippen molar-refractivity contribution in [2.75, 3.05) is 13.2 Å². The summed E-state index contributed by atoms with van der Waals surface area (Å²) in [5, 5.41) is 13.2. The highest BCUT2D eigenvalue weighted by atomic mass is 31.2. The lowest BCUT2D eigenvalue weighted by atomic mass is 9.91. The largest absolute Gasteiger partial charge is 0.459 e. The number of esters is 1. The number of alkyl halides is 1. The van der Waals surface area contributed by atoms with Gasteiger partial charge < -0.3 is 19.1 Å². The third-order valence-electron chi connectivity index (χ3n) is 6.64. The molecular formula is C26H35FN3O9P. The lowest BCUT2D eigenvalue weighted by Crippen LogP contribution is -2.43. The smallest absolute Gasteiger partial charge is 0.459 e. The first-order chi connectivity index (χ1) is 18.7. The van der Waals surface area contributed by atoms with Crippen LogP contribution in [0.15, 0.2) is 40.1 Å². The van der Waals surface area contributed by atoms with Crippen LogP contribution in [-0.4, -0.2) is 57.3 Å². The van der Waals surface area contributed by atoms with Crippen molar-refractivity contribution in [3.8, 4) is 5.75 Å². The Morgan fingerprint density at radius 1 is 1.27 bits per heavy atom. The van der Waals surface area contributed by atoms with E-state index in [1.807, 2.05) is 11.1 Å². The van der Waals surface area contributed by atoms with Gasteiger partial charge in [0, 0.05) is 12.3 Å². The maximum Gasteiger partial charge on any atom is 0.459 e. The molecule has 0 amide bonds. The number of nitrogens with one attached hydrogen (secondary N) is 2. The van der Waals surface area contributed by atoms with Crippen molar-refractivity contribution >= 4 is 13.7 Å². The second-order valence-electron chi connectivity index (χ2n) is 11.0. The van der Waals surface area contributed by atoms with Crippen molar-refractivity contribution in [2.45, 2.75) is 83.1 Å². The van der Waals surface area contributed by atoms with Gasteiger partial charge in [0.25, 0.3) is 5.56 Å². The average molecular weight is 584 g/mol. The molecule has 0 radical (unpaired) electrons. The number of hydrogen-bond donors (Lipinski definition) is 3. The quantitative estimate of drug-likeness (QED) is 0.296. The minimum absolute atomic E-state index is 0.318. The summed E-state index contributed by atoms with van der Waals surface area (Å²) in [6.45, 7) is 4.95. The number of benzene rings is 1. The van der Waals surface area contributed by atoms with Crippen molar-refractivity contribution in [3.63, 3.8) is 0 Å². The van der Waals surface area contributed by atoms with E-state index in [9.17, 15) is 24.1 Å². The zero-order chi connectivity index (χ0) is 29.3. The van der Waals surface area contributed by atoms with Gasteiger partial charge in [0.15, 0.2) is 11.9 Å². The number of rotatable bonds is 9. The fraction of sp³-hybridized carbons (Fsp3) is 0.577. The monoisotopic (exact) mass is 583 g/mol. The topological polar surface area (TPSA) is 158 Å². The van der Waals surface area contributed by atoms with Crippen molar-refractivity contribution in [2.24, 2.45) is 0 Å². The van der Waals surface area contributed by atoms with E-state index in [1.54, 1.807) is 32.9 Å². The van der Waals surface area contributed by atoms with Crippen LogP contribution < -0.4 is 20.9 Å². The number of carbonyl (C=O) groups excluding carboxylic acids is 1. The standard InChI is InChI=1S/C26H35FN3O9P/c1-25(2,3)38-21(32)14-28-40(35,39-18-11-7-9-16-8-5-6-10-17(16)18)36-15-19-22(33)26(4,27)23(37-19)30-13-12-20(31)29-24(30)34/h7,9,11-13,19,22-23,33H,5-6,8,10,14-15H2,1-4H3,(H,28,35)(H,29,31,34). The molecule has 5 atom stereocenters. The highest BCUT2D eigenvalue weighted by Crippen LogP contribution is 2.48. The Labute approximate surface area is 230 Å². The summed E-state index contributed by atoms with van der Waals surface area (Å²) in [6, 6.07) is 6.39. The van der Waals surface area contributed by atoms with Gasteiger partial charge in [0.05, 0.1) is 6.61 Å². The van der Waals surface area contributed by atoms with Gasteiger partial charge >= 0.3 is 19.4 Å². The number of hydrogen-bond acceptors (Lipinski definition) is 9. The summed E-state index contributed by atoms with van der Waals surface area (Å²) in [4.78, 5) is 38.0. The molecule has 220 valence electrons. The van der Waals surface area contributed by atoms with E-state index in [1.165, 1.54) is 0 Å². The fourth-order valence-electron chi connectivity index (χ4n) is 4.74. The van der Waals surface area contributed by atoms with Crippen LogP contribution in [0.5, 0.6) is 5.75 Å². The van der Waals surface area contributed by atoms with Crippen LogP contribution in [0.25, 0.3) is 0 Å². The minimum atomic E-state index is -4.32. The predicted octanol–water partition coefficient (Wildman–Crippen LogP) is 2.54. The molecule has 1 saturated heterocycles. The first-order valence-electron chi connectivity index (χ1n) is 13.0. The fourth-order valence-corrected chi connectivity index (χ4v) is 6.04. The molecule has 12 nitrogen and oxygen atoms in total. The zero-order valence-corrected chi connectivity index (χ0v) is 23.7. The Morgan fingerprint density at radius 3 is 2.70 bits per heavy atom. The number of aliphatic hydroxyl groups excluding tert-OH is 1. The number of aromatic amines is 1. The third-order valence-corrected chi connectivity index (χ3v) is 8.11. The molecule has 1 aliphatic heterocycles. The molecule has 14 heteroatoms. The van der Waals surface area contributed by atoms with E-state index in [0.717, 1.165) is 54.1 Å². The predicted molar refractivity (Wildman–Crippen MR) is 142 cm³/mol. The highest BCUT2D eigenvalue weighted by molar-refractivity contribution is 7.52. The molecule has 2 heterocycles. The van der Waals surface area contributed by atoms with Crippen LogP contribution in [0, 0.1) is 0 Å². The number of aliphatic hydroxyl groups is 1. The molecule has 5 unspecified atom stereocenters. The first-order valence-corrected chi connectivity index (χ1v) is 14.6. The van der Waals surface area contributed by atoms with Crippen LogP contribution in [0.4, 0.5) is 4.39 Å². The van der Waals surface area contributed by atoms with E-state index in [0.29, 0.717) is 12.2 Å². The van der Waals surface area contributed by atoms with Gasteiger partial charge in [-0.25, -0.2) is 18.8 Å². The van der Waals surface area contributed by atoms with E-state index >= 15 is 4.39 Å². The van der Waals surface area contributed by atoms with Gasteiger partial charge in [0.2, 0.25) is 0 Å². The van der Waals surface area contributed by atoms with E-state index in [4.69, 9.17) is 18.5 Å². The second kappa shape index (κ2) is 11.6. The number of fused-ring (bicyclic) bond motifs is 1. The molecule has 1 aromatic carbocycles. The number of aryl methyl sites for hydroxylation is 1. The maximum absolute atomic E-state index is 15.6. The molecule has 1 aliphatic carbocycles. The van der Waals surface area contributed by atoms with Gasteiger partial charge in [-0.3, -0.25) is 23.7 Å². The Bertz CT molecular complexity index is 1400. The maximum atomic E-state index is 15.6. The molecule has 2 aromatic rings. The molecular weight excluding hydrogens is 548 g/mol. The highest BCUT2D eigenvalue weighted by Gasteiger charge is 2.55. The van der Waals surface area contributed by atoms with Gasteiger partial charge in [-0.05, 0) is 70.6 Å². The van der Waals surface area contributed by atoms with Crippen molar-refractivity contribution in [3.05, 3.63) is 62.4 Å². The number of aromatic nitrogens is 2. The number of carbonyl (C=O) groups is 1. The van der Waals surface area contributed by atoms with Gasteiger partial charge in [-0.15, -0.1) is 0 Å². The summed E-state index contributed by atoms with van der Waals surface area (Å²) in [7, 11) is -4.32. The molecule has 4 rings (SSSR count). The minimum Gasteiger partial charge on any atom is -0.459 e. The molecule has 0 saturated carbocycles.